The van der Waals surface area contributed by atoms with Crippen LogP contribution in [0.3, 0.4) is 0 Å². The summed E-state index contributed by atoms with van der Waals surface area (Å²) < 4.78 is 13.5. The zero-order valence-corrected chi connectivity index (χ0v) is 16.2. The van der Waals surface area contributed by atoms with E-state index < -0.39 is 4.87 Å². The van der Waals surface area contributed by atoms with Gasteiger partial charge in [-0.25, -0.2) is 4.39 Å². The fraction of sp³-hybridized carbons (Fsp3) is 0.130. The van der Waals surface area contributed by atoms with Gasteiger partial charge in [-0.15, -0.1) is 11.8 Å². The van der Waals surface area contributed by atoms with Crippen molar-refractivity contribution >= 4 is 35.0 Å². The van der Waals surface area contributed by atoms with Crippen molar-refractivity contribution in [3.05, 3.63) is 95.8 Å². The normalized spacial score (nSPS) is 20.6. The molecule has 0 radical (unpaired) electrons. The van der Waals surface area contributed by atoms with Crippen molar-refractivity contribution in [3.8, 4) is 0 Å². The Morgan fingerprint density at radius 3 is 2.34 bits per heavy atom. The number of thioether (sulfide) groups is 1. The SMILES string of the molecule is O=C1CSC2(C(=O)N(Cc3ccccc3)c3ccccc32)N1c1ccc(F)cc1. The predicted octanol–water partition coefficient (Wildman–Crippen LogP) is 4.31. The van der Waals surface area contributed by atoms with Crippen LogP contribution >= 0.6 is 11.8 Å². The van der Waals surface area contributed by atoms with E-state index in [2.05, 4.69) is 0 Å². The summed E-state index contributed by atoms with van der Waals surface area (Å²) in [5.41, 5.74) is 3.12. The molecule has 0 bridgehead atoms. The molecule has 2 aliphatic rings. The lowest BCUT2D eigenvalue weighted by Crippen LogP contribution is -2.49. The highest BCUT2D eigenvalue weighted by atomic mass is 32.2. The molecule has 0 aliphatic carbocycles. The second-order valence-corrected chi connectivity index (χ2v) is 8.20. The maximum absolute atomic E-state index is 13.8. The smallest absolute Gasteiger partial charge is 0.269 e. The van der Waals surface area contributed by atoms with Crippen LogP contribution in [0, 0.1) is 5.82 Å². The highest BCUT2D eigenvalue weighted by Gasteiger charge is 2.60. The summed E-state index contributed by atoms with van der Waals surface area (Å²) in [5.74, 6) is -0.503. The first-order valence-corrected chi connectivity index (χ1v) is 10.3. The standard InChI is InChI=1S/C23H17FN2O2S/c24-17-10-12-18(13-11-17)26-21(27)15-29-23(26)19-8-4-5-9-20(19)25(22(23)28)14-16-6-2-1-3-7-16/h1-13H,14-15H2. The lowest BCUT2D eigenvalue weighted by atomic mass is 10.0. The minimum Gasteiger partial charge on any atom is -0.304 e. The van der Waals surface area contributed by atoms with E-state index in [9.17, 15) is 14.0 Å². The molecule has 5 rings (SSSR count). The molecule has 1 fully saturated rings. The third kappa shape index (κ3) is 2.67. The van der Waals surface area contributed by atoms with Crippen LogP contribution in [-0.2, 0) is 21.0 Å². The molecule has 1 saturated heterocycles. The zero-order valence-electron chi connectivity index (χ0n) is 15.4. The average Bonchev–Trinajstić information content (AvgIpc) is 3.21. The maximum atomic E-state index is 13.8. The Kier molecular flexibility index (Phi) is 4.17. The summed E-state index contributed by atoms with van der Waals surface area (Å²) >= 11 is 1.32. The van der Waals surface area contributed by atoms with Gasteiger partial charge in [0.15, 0.2) is 0 Å². The third-order valence-electron chi connectivity index (χ3n) is 5.33. The molecule has 2 amide bonds. The quantitative estimate of drug-likeness (QED) is 0.653. The van der Waals surface area contributed by atoms with Crippen molar-refractivity contribution in [2.45, 2.75) is 11.4 Å². The van der Waals surface area contributed by atoms with Gasteiger partial charge in [0.05, 0.1) is 18.0 Å². The highest BCUT2D eigenvalue weighted by Crippen LogP contribution is 2.55. The molecular weight excluding hydrogens is 387 g/mol. The number of carbonyl (C=O) groups excluding carboxylic acids is 2. The van der Waals surface area contributed by atoms with Crippen molar-refractivity contribution in [2.24, 2.45) is 0 Å². The molecule has 0 aromatic heterocycles. The van der Waals surface area contributed by atoms with Crippen LogP contribution < -0.4 is 9.80 Å². The second-order valence-electron chi connectivity index (χ2n) is 7.03. The number of rotatable bonds is 3. The Morgan fingerprint density at radius 1 is 0.897 bits per heavy atom. The Bertz CT molecular complexity index is 1100. The van der Waals surface area contributed by atoms with E-state index in [1.165, 1.54) is 28.8 Å². The number of halogens is 1. The van der Waals surface area contributed by atoms with Crippen molar-refractivity contribution in [2.75, 3.05) is 15.6 Å². The van der Waals surface area contributed by atoms with Gasteiger partial charge >= 0.3 is 0 Å². The van der Waals surface area contributed by atoms with Gasteiger partial charge in [0.2, 0.25) is 10.8 Å². The first-order chi connectivity index (χ1) is 14.1. The lowest BCUT2D eigenvalue weighted by Gasteiger charge is -2.33. The number of benzene rings is 3. The summed E-state index contributed by atoms with van der Waals surface area (Å²) in [6.07, 6.45) is 0. The van der Waals surface area contributed by atoms with Crippen LogP contribution in [0.15, 0.2) is 78.9 Å². The van der Waals surface area contributed by atoms with Gasteiger partial charge in [-0.2, -0.15) is 0 Å². The van der Waals surface area contributed by atoms with Gasteiger partial charge in [0, 0.05) is 11.3 Å². The summed E-state index contributed by atoms with van der Waals surface area (Å²) in [4.78, 5) is 28.8. The molecule has 0 saturated carbocycles. The van der Waals surface area contributed by atoms with Crippen molar-refractivity contribution in [3.63, 3.8) is 0 Å². The van der Waals surface area contributed by atoms with E-state index in [1.54, 1.807) is 17.0 Å². The first kappa shape index (κ1) is 17.9. The molecule has 144 valence electrons. The van der Waals surface area contributed by atoms with Gasteiger partial charge < -0.3 is 4.90 Å². The molecular formula is C23H17FN2O2S. The molecule has 4 nitrogen and oxygen atoms in total. The summed E-state index contributed by atoms with van der Waals surface area (Å²) in [7, 11) is 0. The molecule has 1 unspecified atom stereocenters. The number of amides is 2. The Hall–Kier alpha value is -3.12. The molecule has 29 heavy (non-hydrogen) atoms. The topological polar surface area (TPSA) is 40.6 Å². The van der Waals surface area contributed by atoms with Crippen LogP contribution in [0.5, 0.6) is 0 Å². The van der Waals surface area contributed by atoms with Crippen LogP contribution in [-0.4, -0.2) is 17.6 Å². The van der Waals surface area contributed by atoms with E-state index in [1.807, 2.05) is 54.6 Å². The van der Waals surface area contributed by atoms with Crippen LogP contribution in [0.2, 0.25) is 0 Å². The molecule has 1 spiro atoms. The van der Waals surface area contributed by atoms with Crippen molar-refractivity contribution < 1.29 is 14.0 Å². The fourth-order valence-corrected chi connectivity index (χ4v) is 5.43. The average molecular weight is 404 g/mol. The van der Waals surface area contributed by atoms with E-state index in [4.69, 9.17) is 0 Å². The fourth-order valence-electron chi connectivity index (χ4n) is 4.07. The van der Waals surface area contributed by atoms with Gasteiger partial charge in [-0.1, -0.05) is 48.5 Å². The van der Waals surface area contributed by atoms with Gasteiger partial charge in [-0.05, 0) is 35.9 Å². The molecule has 0 N–H and O–H groups in total. The molecule has 3 aromatic carbocycles. The number of carbonyl (C=O) groups is 2. The lowest BCUT2D eigenvalue weighted by molar-refractivity contribution is -0.123. The Labute approximate surface area is 171 Å². The highest BCUT2D eigenvalue weighted by molar-refractivity contribution is 8.02. The molecule has 2 aliphatic heterocycles. The van der Waals surface area contributed by atoms with Gasteiger partial charge in [-0.3, -0.25) is 14.5 Å². The monoisotopic (exact) mass is 404 g/mol. The van der Waals surface area contributed by atoms with E-state index >= 15 is 0 Å². The molecule has 1 atom stereocenters. The molecule has 3 aromatic rings. The molecule has 2 heterocycles. The number of anilines is 2. The minimum absolute atomic E-state index is 0.150. The first-order valence-electron chi connectivity index (χ1n) is 9.29. The van der Waals surface area contributed by atoms with E-state index in [0.717, 1.165) is 16.8 Å². The predicted molar refractivity (Wildman–Crippen MR) is 112 cm³/mol. The number of hydrogen-bond donors (Lipinski definition) is 0. The van der Waals surface area contributed by atoms with Crippen LogP contribution in [0.4, 0.5) is 15.8 Å². The second kappa shape index (κ2) is 6.74. The number of fused-ring (bicyclic) bond motifs is 2. The van der Waals surface area contributed by atoms with E-state index in [-0.39, 0.29) is 23.4 Å². The largest absolute Gasteiger partial charge is 0.304 e. The number of hydrogen-bond acceptors (Lipinski definition) is 3. The van der Waals surface area contributed by atoms with Gasteiger partial charge in [0.25, 0.3) is 5.91 Å². The summed E-state index contributed by atoms with van der Waals surface area (Å²) in [6.45, 7) is 0.421. The number of para-hydroxylation sites is 1. The summed E-state index contributed by atoms with van der Waals surface area (Å²) in [6, 6.07) is 23.1. The van der Waals surface area contributed by atoms with Crippen molar-refractivity contribution in [1.29, 1.82) is 0 Å². The van der Waals surface area contributed by atoms with Crippen molar-refractivity contribution in [1.82, 2.24) is 0 Å². The zero-order chi connectivity index (χ0) is 20.0. The number of nitrogens with zero attached hydrogens (tertiary/aromatic N) is 2. The van der Waals surface area contributed by atoms with Gasteiger partial charge in [0.1, 0.15) is 5.82 Å². The Morgan fingerprint density at radius 2 is 1.59 bits per heavy atom. The minimum atomic E-state index is -1.17. The van der Waals surface area contributed by atoms with E-state index in [0.29, 0.717) is 12.2 Å². The molecule has 6 heteroatoms. The third-order valence-corrected chi connectivity index (χ3v) is 6.72. The van der Waals surface area contributed by atoms with Crippen LogP contribution in [0.1, 0.15) is 11.1 Å². The maximum Gasteiger partial charge on any atom is 0.269 e. The summed E-state index contributed by atoms with van der Waals surface area (Å²) in [5, 5.41) is 0. The Balaban J connectivity index is 1.65. The van der Waals surface area contributed by atoms with Crippen LogP contribution in [0.25, 0.3) is 0 Å².